The Hall–Kier alpha value is -3.35. The number of benzene rings is 2. The number of nitrogens with one attached hydrogen (secondary N) is 2. The molecule has 0 aliphatic carbocycles. The Morgan fingerprint density at radius 3 is 2.37 bits per heavy atom. The van der Waals surface area contributed by atoms with E-state index in [-0.39, 0.29) is 31.4 Å². The molecular formula is C20H22N2O5. The number of hydrogen-bond acceptors (Lipinski definition) is 4. The van der Waals surface area contributed by atoms with E-state index in [2.05, 4.69) is 10.6 Å². The number of hydrogen-bond donors (Lipinski definition) is 3. The molecule has 0 aliphatic rings. The highest BCUT2D eigenvalue weighted by Gasteiger charge is 2.08. The number of anilines is 1. The maximum atomic E-state index is 12.0. The van der Waals surface area contributed by atoms with Crippen molar-refractivity contribution in [2.24, 2.45) is 0 Å². The summed E-state index contributed by atoms with van der Waals surface area (Å²) >= 11 is 0. The van der Waals surface area contributed by atoms with Gasteiger partial charge in [0.1, 0.15) is 5.75 Å². The van der Waals surface area contributed by atoms with Crippen LogP contribution in [-0.4, -0.2) is 36.0 Å². The highest BCUT2D eigenvalue weighted by atomic mass is 16.5. The predicted molar refractivity (Wildman–Crippen MR) is 101 cm³/mol. The molecule has 2 aromatic rings. The summed E-state index contributed by atoms with van der Waals surface area (Å²) in [6, 6.07) is 12.0. The Morgan fingerprint density at radius 1 is 1.04 bits per heavy atom. The molecule has 0 saturated carbocycles. The molecule has 7 nitrogen and oxygen atoms in total. The molecule has 27 heavy (non-hydrogen) atoms. The van der Waals surface area contributed by atoms with E-state index >= 15 is 0 Å². The fourth-order valence-corrected chi connectivity index (χ4v) is 2.39. The molecule has 0 bridgehead atoms. The molecule has 3 N–H and O–H groups in total. The second-order valence-corrected chi connectivity index (χ2v) is 6.08. The Balaban J connectivity index is 1.83. The van der Waals surface area contributed by atoms with E-state index in [4.69, 9.17) is 9.84 Å². The van der Waals surface area contributed by atoms with Crippen molar-refractivity contribution in [2.45, 2.75) is 20.3 Å². The van der Waals surface area contributed by atoms with Crippen LogP contribution in [0.4, 0.5) is 5.69 Å². The van der Waals surface area contributed by atoms with Gasteiger partial charge in [0.15, 0.2) is 6.61 Å². The largest absolute Gasteiger partial charge is 0.483 e. The first kappa shape index (κ1) is 20.0. The fourth-order valence-electron chi connectivity index (χ4n) is 2.39. The van der Waals surface area contributed by atoms with Crippen LogP contribution >= 0.6 is 0 Å². The predicted octanol–water partition coefficient (Wildman–Crippen LogP) is 2.53. The number of amides is 2. The van der Waals surface area contributed by atoms with Crippen LogP contribution in [0.1, 0.15) is 27.9 Å². The number of ether oxygens (including phenoxy) is 1. The average Bonchev–Trinajstić information content (AvgIpc) is 2.61. The first-order valence-electron chi connectivity index (χ1n) is 8.45. The third-order valence-electron chi connectivity index (χ3n) is 3.74. The minimum atomic E-state index is -0.976. The van der Waals surface area contributed by atoms with Gasteiger partial charge in [0, 0.05) is 17.8 Å². The Bertz CT molecular complexity index is 831. The average molecular weight is 370 g/mol. The van der Waals surface area contributed by atoms with Crippen LogP contribution in [0, 0.1) is 13.8 Å². The summed E-state index contributed by atoms with van der Waals surface area (Å²) in [5.74, 6) is -0.999. The van der Waals surface area contributed by atoms with Crippen LogP contribution in [0.3, 0.4) is 0 Å². The van der Waals surface area contributed by atoms with Gasteiger partial charge in [-0.15, -0.1) is 0 Å². The molecule has 0 aliphatic heterocycles. The summed E-state index contributed by atoms with van der Waals surface area (Å²) in [4.78, 5) is 34.3. The SMILES string of the molecule is Cc1ccc(OCC(=O)Nc2ccc(C(=O)NCCC(=O)O)cc2)c(C)c1. The normalized spacial score (nSPS) is 10.1. The molecule has 0 radical (unpaired) electrons. The maximum Gasteiger partial charge on any atom is 0.305 e. The molecule has 0 fully saturated rings. The minimum Gasteiger partial charge on any atom is -0.483 e. The second-order valence-electron chi connectivity index (χ2n) is 6.08. The van der Waals surface area contributed by atoms with Gasteiger partial charge in [0.05, 0.1) is 6.42 Å². The first-order chi connectivity index (χ1) is 12.8. The standard InChI is InChI=1S/C20H22N2O5/c1-13-3-8-17(14(2)11-13)27-12-18(23)22-16-6-4-15(5-7-16)20(26)21-10-9-19(24)25/h3-8,11H,9-10,12H2,1-2H3,(H,21,26)(H,22,23)(H,24,25). The number of carboxylic acids is 1. The lowest BCUT2D eigenvalue weighted by Gasteiger charge is -2.10. The zero-order valence-electron chi connectivity index (χ0n) is 15.2. The summed E-state index contributed by atoms with van der Waals surface area (Å²) in [7, 11) is 0. The van der Waals surface area contributed by atoms with Crippen molar-refractivity contribution in [3.8, 4) is 5.75 Å². The molecule has 0 unspecified atom stereocenters. The Kier molecular flexibility index (Phi) is 6.93. The highest BCUT2D eigenvalue weighted by molar-refractivity contribution is 5.96. The molecule has 2 rings (SSSR count). The Morgan fingerprint density at radius 2 is 1.74 bits per heavy atom. The van der Waals surface area contributed by atoms with Crippen molar-refractivity contribution in [3.05, 3.63) is 59.2 Å². The van der Waals surface area contributed by atoms with E-state index in [1.165, 1.54) is 0 Å². The van der Waals surface area contributed by atoms with Crippen LogP contribution in [0.2, 0.25) is 0 Å². The van der Waals surface area contributed by atoms with Gasteiger partial charge in [-0.2, -0.15) is 0 Å². The molecular weight excluding hydrogens is 348 g/mol. The molecule has 7 heteroatoms. The van der Waals surface area contributed by atoms with Crippen LogP contribution in [-0.2, 0) is 9.59 Å². The van der Waals surface area contributed by atoms with Gasteiger partial charge in [-0.05, 0) is 49.7 Å². The summed E-state index contributed by atoms with van der Waals surface area (Å²) in [5.41, 5.74) is 2.99. The number of carboxylic acid groups (broad SMARTS) is 1. The van der Waals surface area contributed by atoms with Crippen LogP contribution in [0.25, 0.3) is 0 Å². The van der Waals surface area contributed by atoms with Crippen LogP contribution in [0.15, 0.2) is 42.5 Å². The van der Waals surface area contributed by atoms with Crippen molar-refractivity contribution < 1.29 is 24.2 Å². The number of aliphatic carboxylic acids is 1. The van der Waals surface area contributed by atoms with Gasteiger partial charge >= 0.3 is 5.97 Å². The lowest BCUT2D eigenvalue weighted by molar-refractivity contribution is -0.136. The molecule has 142 valence electrons. The fraction of sp³-hybridized carbons (Fsp3) is 0.250. The molecule has 2 aromatic carbocycles. The number of carbonyl (C=O) groups is 3. The summed E-state index contributed by atoms with van der Waals surface area (Å²) < 4.78 is 5.53. The highest BCUT2D eigenvalue weighted by Crippen LogP contribution is 2.18. The van der Waals surface area contributed by atoms with Crippen LogP contribution < -0.4 is 15.4 Å². The minimum absolute atomic E-state index is 0.0580. The lowest BCUT2D eigenvalue weighted by atomic mass is 10.1. The van der Waals surface area contributed by atoms with E-state index < -0.39 is 5.97 Å². The molecule has 0 aromatic heterocycles. The van der Waals surface area contributed by atoms with Gasteiger partial charge in [-0.3, -0.25) is 14.4 Å². The van der Waals surface area contributed by atoms with Crippen molar-refractivity contribution in [1.82, 2.24) is 5.32 Å². The van der Waals surface area contributed by atoms with Gasteiger partial charge < -0.3 is 20.5 Å². The third-order valence-corrected chi connectivity index (χ3v) is 3.74. The van der Waals surface area contributed by atoms with Crippen molar-refractivity contribution >= 4 is 23.5 Å². The van der Waals surface area contributed by atoms with Crippen molar-refractivity contribution in [3.63, 3.8) is 0 Å². The van der Waals surface area contributed by atoms with E-state index in [1.807, 2.05) is 32.0 Å². The van der Waals surface area contributed by atoms with E-state index in [9.17, 15) is 14.4 Å². The summed E-state index contributed by atoms with van der Waals surface area (Å²) in [5, 5.41) is 13.8. The number of carbonyl (C=O) groups excluding carboxylic acids is 2. The monoisotopic (exact) mass is 370 g/mol. The van der Waals surface area contributed by atoms with Gasteiger partial charge in [-0.1, -0.05) is 17.7 Å². The maximum absolute atomic E-state index is 12.0. The van der Waals surface area contributed by atoms with Crippen molar-refractivity contribution in [2.75, 3.05) is 18.5 Å². The first-order valence-corrected chi connectivity index (χ1v) is 8.45. The zero-order valence-corrected chi connectivity index (χ0v) is 15.2. The molecule has 2 amide bonds. The van der Waals surface area contributed by atoms with Crippen LogP contribution in [0.5, 0.6) is 5.75 Å². The molecule has 0 atom stereocenters. The third kappa shape index (κ3) is 6.47. The Labute approximate surface area is 157 Å². The summed E-state index contributed by atoms with van der Waals surface area (Å²) in [6.07, 6.45) is -0.139. The molecule has 0 saturated heterocycles. The molecule has 0 heterocycles. The number of aryl methyl sites for hydroxylation is 2. The lowest BCUT2D eigenvalue weighted by Crippen LogP contribution is -2.26. The van der Waals surface area contributed by atoms with E-state index in [0.717, 1.165) is 11.1 Å². The topological polar surface area (TPSA) is 105 Å². The van der Waals surface area contributed by atoms with Gasteiger partial charge in [0.25, 0.3) is 11.8 Å². The smallest absolute Gasteiger partial charge is 0.305 e. The zero-order chi connectivity index (χ0) is 19.8. The number of rotatable bonds is 8. The van der Waals surface area contributed by atoms with E-state index in [0.29, 0.717) is 17.0 Å². The van der Waals surface area contributed by atoms with Crippen molar-refractivity contribution in [1.29, 1.82) is 0 Å². The summed E-state index contributed by atoms with van der Waals surface area (Å²) in [6.45, 7) is 3.84. The second kappa shape index (κ2) is 9.38. The molecule has 0 spiro atoms. The van der Waals surface area contributed by atoms with E-state index in [1.54, 1.807) is 24.3 Å². The van der Waals surface area contributed by atoms with Gasteiger partial charge in [0.2, 0.25) is 0 Å². The van der Waals surface area contributed by atoms with Gasteiger partial charge in [-0.25, -0.2) is 0 Å². The quantitative estimate of drug-likeness (QED) is 0.662.